The summed E-state index contributed by atoms with van der Waals surface area (Å²) >= 11 is 0. The Kier molecular flexibility index (Phi) is 4.34. The lowest BCUT2D eigenvalue weighted by Crippen LogP contribution is -2.36. The highest BCUT2D eigenvalue weighted by Gasteiger charge is 2.45. The second-order valence-corrected chi connectivity index (χ2v) is 6.78. The van der Waals surface area contributed by atoms with Crippen molar-refractivity contribution >= 4 is 0 Å². The van der Waals surface area contributed by atoms with Crippen LogP contribution in [0, 0.1) is 5.92 Å². The maximum Gasteiger partial charge on any atom is 0.115 e. The molecule has 2 aliphatic rings. The molecule has 114 valence electrons. The van der Waals surface area contributed by atoms with Crippen molar-refractivity contribution in [2.24, 2.45) is 5.92 Å². The van der Waals surface area contributed by atoms with Gasteiger partial charge in [0.05, 0.1) is 0 Å². The third-order valence-corrected chi connectivity index (χ3v) is 5.60. The molecule has 2 nitrogen and oxygen atoms in total. The normalized spacial score (nSPS) is 29.8. The Morgan fingerprint density at radius 3 is 3.00 bits per heavy atom. The van der Waals surface area contributed by atoms with Gasteiger partial charge in [-0.15, -0.1) is 6.58 Å². The number of phenolic OH excluding ortho intramolecular Hbond substituents is 1. The Balaban J connectivity index is 1.85. The molecule has 0 radical (unpaired) electrons. The van der Waals surface area contributed by atoms with Crippen molar-refractivity contribution in [2.45, 2.75) is 43.9 Å². The molecule has 1 aliphatic heterocycles. The zero-order valence-electron chi connectivity index (χ0n) is 12.9. The van der Waals surface area contributed by atoms with Crippen LogP contribution in [-0.4, -0.2) is 29.6 Å². The van der Waals surface area contributed by atoms with Crippen molar-refractivity contribution in [2.75, 3.05) is 19.6 Å². The van der Waals surface area contributed by atoms with E-state index in [2.05, 4.69) is 17.5 Å². The Bertz CT molecular complexity index is 498. The van der Waals surface area contributed by atoms with Gasteiger partial charge in [0.15, 0.2) is 0 Å². The van der Waals surface area contributed by atoms with Gasteiger partial charge in [-0.05, 0) is 67.7 Å². The Morgan fingerprint density at radius 1 is 1.33 bits per heavy atom. The standard InChI is InChI=1S/C19H27NO/c1-2-3-12-20-13-6-11-19(10-5-8-17(19)15-20)16-7-4-9-18(21)14-16/h2,4,7,9,14,17,21H,1,3,5-6,8,10-13,15H2. The minimum Gasteiger partial charge on any atom is -0.508 e. The average Bonchev–Trinajstić information content (AvgIpc) is 2.80. The van der Waals surface area contributed by atoms with Crippen molar-refractivity contribution in [3.8, 4) is 5.75 Å². The van der Waals surface area contributed by atoms with Gasteiger partial charge in [-0.2, -0.15) is 0 Å². The van der Waals surface area contributed by atoms with Crippen LogP contribution in [0.2, 0.25) is 0 Å². The summed E-state index contributed by atoms with van der Waals surface area (Å²) in [5, 5.41) is 9.88. The zero-order chi connectivity index (χ0) is 14.7. The first-order valence-electron chi connectivity index (χ1n) is 8.37. The molecule has 1 aromatic carbocycles. The topological polar surface area (TPSA) is 23.5 Å². The van der Waals surface area contributed by atoms with E-state index in [1.807, 2.05) is 18.2 Å². The van der Waals surface area contributed by atoms with Crippen LogP contribution in [0.25, 0.3) is 0 Å². The number of rotatable bonds is 4. The van der Waals surface area contributed by atoms with Crippen LogP contribution in [0.3, 0.4) is 0 Å². The van der Waals surface area contributed by atoms with E-state index in [1.54, 1.807) is 6.07 Å². The Hall–Kier alpha value is -1.28. The van der Waals surface area contributed by atoms with Gasteiger partial charge in [-0.3, -0.25) is 0 Å². The van der Waals surface area contributed by atoms with Crippen LogP contribution in [0.5, 0.6) is 5.75 Å². The minimum absolute atomic E-state index is 0.307. The van der Waals surface area contributed by atoms with Crippen LogP contribution < -0.4 is 0 Å². The van der Waals surface area contributed by atoms with Gasteiger partial charge in [0, 0.05) is 13.1 Å². The van der Waals surface area contributed by atoms with Gasteiger partial charge < -0.3 is 10.0 Å². The SMILES string of the molecule is C=CCCN1CCCC2(c3cccc(O)c3)CCCC2C1. The zero-order valence-corrected chi connectivity index (χ0v) is 12.9. The monoisotopic (exact) mass is 285 g/mol. The predicted molar refractivity (Wildman–Crippen MR) is 87.6 cm³/mol. The van der Waals surface area contributed by atoms with E-state index >= 15 is 0 Å². The lowest BCUT2D eigenvalue weighted by atomic mass is 9.69. The van der Waals surface area contributed by atoms with Gasteiger partial charge >= 0.3 is 0 Å². The predicted octanol–water partition coefficient (Wildman–Crippen LogP) is 4.10. The molecule has 3 rings (SSSR count). The first-order valence-corrected chi connectivity index (χ1v) is 8.37. The quantitative estimate of drug-likeness (QED) is 0.842. The highest BCUT2D eigenvalue weighted by atomic mass is 16.3. The second-order valence-electron chi connectivity index (χ2n) is 6.78. The summed E-state index contributed by atoms with van der Waals surface area (Å²) in [6, 6.07) is 8.04. The molecule has 21 heavy (non-hydrogen) atoms. The molecule has 1 aliphatic carbocycles. The smallest absolute Gasteiger partial charge is 0.115 e. The number of hydrogen-bond acceptors (Lipinski definition) is 2. The molecule has 2 heteroatoms. The summed E-state index contributed by atoms with van der Waals surface area (Å²) in [4.78, 5) is 2.63. The van der Waals surface area contributed by atoms with E-state index in [9.17, 15) is 5.11 Å². The average molecular weight is 285 g/mol. The molecule has 1 N–H and O–H groups in total. The molecule has 0 aromatic heterocycles. The highest BCUT2D eigenvalue weighted by molar-refractivity contribution is 5.35. The van der Waals surface area contributed by atoms with Gasteiger partial charge in [0.2, 0.25) is 0 Å². The highest BCUT2D eigenvalue weighted by Crippen LogP contribution is 2.50. The second kappa shape index (κ2) is 6.23. The summed E-state index contributed by atoms with van der Waals surface area (Å²) < 4.78 is 0. The molecular weight excluding hydrogens is 258 g/mol. The third kappa shape index (κ3) is 2.87. The summed E-state index contributed by atoms with van der Waals surface area (Å²) in [6.07, 6.45) is 9.61. The van der Waals surface area contributed by atoms with Gasteiger partial charge in [0.1, 0.15) is 5.75 Å². The number of aromatic hydroxyl groups is 1. The maximum absolute atomic E-state index is 9.88. The molecule has 1 aromatic rings. The molecule has 2 atom stereocenters. The van der Waals surface area contributed by atoms with E-state index in [-0.39, 0.29) is 0 Å². The largest absolute Gasteiger partial charge is 0.508 e. The summed E-state index contributed by atoms with van der Waals surface area (Å²) in [5.41, 5.74) is 1.68. The number of nitrogens with zero attached hydrogens (tertiary/aromatic N) is 1. The van der Waals surface area contributed by atoms with Crippen LogP contribution in [0.4, 0.5) is 0 Å². The Labute approximate surface area is 128 Å². The number of fused-ring (bicyclic) bond motifs is 1. The number of hydrogen-bond donors (Lipinski definition) is 1. The van der Waals surface area contributed by atoms with E-state index in [0.29, 0.717) is 11.2 Å². The van der Waals surface area contributed by atoms with Gasteiger partial charge in [-0.1, -0.05) is 24.6 Å². The lowest BCUT2D eigenvalue weighted by Gasteiger charge is -2.36. The third-order valence-electron chi connectivity index (χ3n) is 5.60. The van der Waals surface area contributed by atoms with E-state index in [1.165, 1.54) is 50.8 Å². The number of likely N-dealkylation sites (tertiary alicyclic amines) is 1. The minimum atomic E-state index is 0.307. The summed E-state index contributed by atoms with van der Waals surface area (Å²) in [6.45, 7) is 7.43. The first-order chi connectivity index (χ1) is 10.2. The van der Waals surface area contributed by atoms with Gasteiger partial charge in [-0.25, -0.2) is 0 Å². The fourth-order valence-electron chi connectivity index (χ4n) is 4.58. The molecule has 1 saturated heterocycles. The van der Waals surface area contributed by atoms with Crippen molar-refractivity contribution in [1.29, 1.82) is 0 Å². The fourth-order valence-corrected chi connectivity index (χ4v) is 4.58. The van der Waals surface area contributed by atoms with Crippen molar-refractivity contribution < 1.29 is 5.11 Å². The van der Waals surface area contributed by atoms with Crippen molar-refractivity contribution in [3.63, 3.8) is 0 Å². The van der Waals surface area contributed by atoms with E-state index in [4.69, 9.17) is 0 Å². The maximum atomic E-state index is 9.88. The van der Waals surface area contributed by atoms with Crippen molar-refractivity contribution in [1.82, 2.24) is 4.90 Å². The lowest BCUT2D eigenvalue weighted by molar-refractivity contribution is 0.224. The molecule has 0 amide bonds. The van der Waals surface area contributed by atoms with Crippen LogP contribution in [-0.2, 0) is 5.41 Å². The van der Waals surface area contributed by atoms with Crippen LogP contribution in [0.15, 0.2) is 36.9 Å². The molecule has 1 heterocycles. The molecule has 2 unspecified atom stereocenters. The summed E-state index contributed by atoms with van der Waals surface area (Å²) in [7, 11) is 0. The van der Waals surface area contributed by atoms with E-state index < -0.39 is 0 Å². The van der Waals surface area contributed by atoms with Crippen LogP contribution in [0.1, 0.15) is 44.1 Å². The summed E-state index contributed by atoms with van der Waals surface area (Å²) in [5.74, 6) is 1.16. The first kappa shape index (κ1) is 14.6. The molecule has 0 spiro atoms. The molecule has 0 bridgehead atoms. The van der Waals surface area contributed by atoms with E-state index in [0.717, 1.165) is 18.9 Å². The van der Waals surface area contributed by atoms with Crippen molar-refractivity contribution in [3.05, 3.63) is 42.5 Å². The van der Waals surface area contributed by atoms with Gasteiger partial charge in [0.25, 0.3) is 0 Å². The van der Waals surface area contributed by atoms with Crippen LogP contribution >= 0.6 is 0 Å². The Morgan fingerprint density at radius 2 is 2.19 bits per heavy atom. The molecular formula is C19H27NO. The number of benzene rings is 1. The molecule has 1 saturated carbocycles. The molecule has 2 fully saturated rings. The number of phenols is 1. The fraction of sp³-hybridized carbons (Fsp3) is 0.579.